The lowest BCUT2D eigenvalue weighted by molar-refractivity contribution is -0.137. The number of rotatable bonds is 9. The van der Waals surface area contributed by atoms with Crippen molar-refractivity contribution in [1.82, 2.24) is 19.8 Å². The summed E-state index contributed by atoms with van der Waals surface area (Å²) in [5.74, 6) is -0.891. The predicted octanol–water partition coefficient (Wildman–Crippen LogP) is 9.71. The topological polar surface area (TPSA) is 78.4 Å². The fourth-order valence-electron chi connectivity index (χ4n) is 4.33. The van der Waals surface area contributed by atoms with Crippen molar-refractivity contribution in [2.45, 2.75) is 45.6 Å². The van der Waals surface area contributed by atoms with Gasteiger partial charge in [0.1, 0.15) is 11.6 Å². The number of halogens is 2. The van der Waals surface area contributed by atoms with Crippen molar-refractivity contribution in [2.75, 3.05) is 25.5 Å². The number of hydrogen-bond acceptors (Lipinski definition) is 4. The van der Waals surface area contributed by atoms with E-state index in [4.69, 9.17) is 0 Å². The van der Waals surface area contributed by atoms with Crippen LogP contribution in [0.3, 0.4) is 0 Å². The Bertz CT molecular complexity index is 1120. The summed E-state index contributed by atoms with van der Waals surface area (Å²) < 4.78 is 26.8. The molecule has 234 valence electrons. The molecule has 1 aromatic heterocycles. The largest absolute Gasteiger partial charge is 0.342 e. The molecule has 0 saturated carbocycles. The van der Waals surface area contributed by atoms with Crippen LogP contribution < -0.4 is 5.32 Å². The number of nitrogens with one attached hydrogen (secondary N) is 1. The zero-order valence-electron chi connectivity index (χ0n) is 23.9. The summed E-state index contributed by atoms with van der Waals surface area (Å²) in [5.41, 5.74) is 0.559. The zero-order chi connectivity index (χ0) is 31.6. The molecule has 6 unspecified atom stereocenters. The number of carbonyl (C=O) groups excluding carboxylic acids is 2. The average molecular weight is 767 g/mol. The van der Waals surface area contributed by atoms with E-state index in [2.05, 4.69) is 68.9 Å². The molecule has 42 heavy (non-hydrogen) atoms. The molecular formula is C23H41F2N5O2P10. The molecular weight excluding hydrogens is 726 g/mol. The molecule has 1 aliphatic rings. The first kappa shape index (κ1) is 39.4. The highest BCUT2D eigenvalue weighted by atomic mass is 33.2. The lowest BCUT2D eigenvalue weighted by Gasteiger charge is -2.37. The van der Waals surface area contributed by atoms with Crippen molar-refractivity contribution in [3.8, 4) is 11.3 Å². The van der Waals surface area contributed by atoms with Crippen LogP contribution in [0.2, 0.25) is 0 Å². The highest BCUT2D eigenvalue weighted by Gasteiger charge is 2.30. The van der Waals surface area contributed by atoms with Crippen LogP contribution in [0, 0.1) is 17.6 Å². The summed E-state index contributed by atoms with van der Waals surface area (Å²) in [6.07, 6.45) is 5.81. The van der Waals surface area contributed by atoms with Crippen LogP contribution in [-0.4, -0.2) is 57.9 Å². The number of piperidine rings is 1. The molecule has 0 spiro atoms. The average Bonchev–Trinajstić information content (AvgIpc) is 2.93. The van der Waals surface area contributed by atoms with Crippen LogP contribution in [0.1, 0.15) is 39.5 Å². The molecule has 2 heterocycles. The van der Waals surface area contributed by atoms with Gasteiger partial charge in [0, 0.05) is 43.7 Å². The van der Waals surface area contributed by atoms with E-state index >= 15 is 0 Å². The highest BCUT2D eigenvalue weighted by molar-refractivity contribution is 9.16. The van der Waals surface area contributed by atoms with Gasteiger partial charge in [0.05, 0.1) is 18.1 Å². The van der Waals surface area contributed by atoms with Crippen molar-refractivity contribution >= 4 is 99.3 Å². The second-order valence-corrected chi connectivity index (χ2v) is 46.1. The van der Waals surface area contributed by atoms with Crippen molar-refractivity contribution in [3.63, 3.8) is 0 Å². The maximum absolute atomic E-state index is 13.4. The Morgan fingerprint density at radius 1 is 0.952 bits per heavy atom. The first-order chi connectivity index (χ1) is 19.8. The number of carbonyl (C=O) groups is 2. The molecule has 7 nitrogen and oxygen atoms in total. The number of hydrogen-bond donors (Lipinski definition) is 1. The van der Waals surface area contributed by atoms with E-state index in [9.17, 15) is 18.4 Å². The molecule has 19 heteroatoms. The fourth-order valence-corrected chi connectivity index (χ4v) is 90.9. The highest BCUT2D eigenvalue weighted by Crippen LogP contribution is 3.10. The Hall–Kier alpha value is 1.20. The molecule has 1 fully saturated rings. The zero-order valence-corrected chi connectivity index (χ0v) is 34.4. The molecule has 1 aromatic carbocycles. The third-order valence-corrected chi connectivity index (χ3v) is 56.2. The number of aromatic nitrogens is 2. The van der Waals surface area contributed by atoms with Gasteiger partial charge in [0.15, 0.2) is 5.82 Å². The van der Waals surface area contributed by atoms with Crippen molar-refractivity contribution in [3.05, 3.63) is 42.2 Å². The van der Waals surface area contributed by atoms with Gasteiger partial charge in [-0.05, 0) is 65.8 Å². The Balaban J connectivity index is 0.000000528. The standard InChI is InChI=1S/C23H29F2N5O2.H12P10/c1-4-15(5-2)22(31)30-8-6-19(7-9-30)29(3)23(32)28-21-14-26-20(13-27-21)16-10-17(24)12-18(25)11-16;1-7(2)10(8(3)4)9(5)6/h10-15,19H,4-9H2,1-3H3,(H,27,28,32);1-6H2. The van der Waals surface area contributed by atoms with Gasteiger partial charge in [0.25, 0.3) is 0 Å². The lowest BCUT2D eigenvalue weighted by atomic mass is 9.98. The minimum Gasteiger partial charge on any atom is -0.342 e. The summed E-state index contributed by atoms with van der Waals surface area (Å²) in [6.45, 7) is 5.95. The SMILES string of the molecule is CCC(CC)C(=O)N1CCC(N(C)C(=O)Nc2cnc(-c3cc(F)cc(F)c3)cn2)CC1.PP(P)P(P(P)P)P(P)P. The number of urea groups is 1. The van der Waals surface area contributed by atoms with E-state index in [1.54, 1.807) is 11.9 Å². The van der Waals surface area contributed by atoms with Crippen LogP contribution >= 0.6 is 81.5 Å². The molecule has 3 amide bonds. The monoisotopic (exact) mass is 767 g/mol. The summed E-state index contributed by atoms with van der Waals surface area (Å²) in [6, 6.07) is 2.81. The van der Waals surface area contributed by atoms with E-state index < -0.39 is 11.6 Å². The molecule has 1 aliphatic heterocycles. The van der Waals surface area contributed by atoms with Crippen LogP contribution in [0.15, 0.2) is 30.6 Å². The van der Waals surface area contributed by atoms with Gasteiger partial charge in [-0.1, -0.05) is 13.8 Å². The lowest BCUT2D eigenvalue weighted by Crippen LogP contribution is -2.49. The summed E-state index contributed by atoms with van der Waals surface area (Å²) in [4.78, 5) is 37.0. The molecule has 2 aromatic rings. The number of nitrogens with zero attached hydrogens (tertiary/aromatic N) is 4. The summed E-state index contributed by atoms with van der Waals surface area (Å²) in [7, 11) is 19.4. The van der Waals surface area contributed by atoms with E-state index in [-0.39, 0.29) is 63.2 Å². The minimum absolute atomic E-state index is 0.0169. The number of amides is 3. The van der Waals surface area contributed by atoms with Gasteiger partial charge in [0.2, 0.25) is 5.91 Å². The van der Waals surface area contributed by atoms with Gasteiger partial charge in [-0.15, -0.1) is 53.6 Å². The number of benzene rings is 1. The van der Waals surface area contributed by atoms with Crippen LogP contribution in [-0.2, 0) is 4.79 Å². The Kier molecular flexibility index (Phi) is 18.5. The van der Waals surface area contributed by atoms with E-state index in [1.165, 1.54) is 24.5 Å². The summed E-state index contributed by atoms with van der Waals surface area (Å²) in [5, 5.41) is 2.70. The van der Waals surface area contributed by atoms with Gasteiger partial charge in [-0.25, -0.2) is 18.6 Å². The molecule has 0 bridgehead atoms. The first-order valence-electron chi connectivity index (χ1n) is 13.1. The number of anilines is 1. The molecule has 0 aliphatic carbocycles. The van der Waals surface area contributed by atoms with Gasteiger partial charge in [-0.2, -0.15) is 0 Å². The maximum Gasteiger partial charge on any atom is 0.323 e. The van der Waals surface area contributed by atoms with E-state index in [1.807, 2.05) is 18.7 Å². The van der Waals surface area contributed by atoms with Gasteiger partial charge < -0.3 is 9.80 Å². The normalized spacial score (nSPS) is 14.0. The molecule has 1 saturated heterocycles. The molecule has 1 N–H and O–H groups in total. The molecule has 6 atom stereocenters. The quantitative estimate of drug-likeness (QED) is 0.258. The Morgan fingerprint density at radius 3 is 1.88 bits per heavy atom. The first-order valence-corrected chi connectivity index (χ1v) is 30.3. The maximum atomic E-state index is 13.4. The predicted molar refractivity (Wildman–Crippen MR) is 204 cm³/mol. The smallest absolute Gasteiger partial charge is 0.323 e. The second-order valence-electron chi connectivity index (χ2n) is 9.46. The van der Waals surface area contributed by atoms with Crippen molar-refractivity contribution < 1.29 is 18.4 Å². The van der Waals surface area contributed by atoms with Crippen LogP contribution in [0.4, 0.5) is 19.4 Å². The molecule has 3 rings (SSSR count). The van der Waals surface area contributed by atoms with Gasteiger partial charge in [-0.3, -0.25) is 15.1 Å². The van der Waals surface area contributed by atoms with Crippen LogP contribution in [0.25, 0.3) is 11.3 Å². The van der Waals surface area contributed by atoms with Crippen LogP contribution in [0.5, 0.6) is 0 Å². The Morgan fingerprint density at radius 2 is 1.48 bits per heavy atom. The summed E-state index contributed by atoms with van der Waals surface area (Å²) >= 11 is 0. The van der Waals surface area contributed by atoms with E-state index in [0.717, 1.165) is 18.9 Å². The fraction of sp³-hybridized carbons (Fsp3) is 0.478. The van der Waals surface area contributed by atoms with Gasteiger partial charge >= 0.3 is 6.03 Å². The van der Waals surface area contributed by atoms with Crippen molar-refractivity contribution in [2.24, 2.45) is 5.92 Å². The third-order valence-electron chi connectivity index (χ3n) is 6.64. The molecule has 0 radical (unpaired) electrons. The second kappa shape index (κ2) is 19.8. The third kappa shape index (κ3) is 12.4. The number of likely N-dealkylation sites (tertiary alicyclic amines) is 1. The van der Waals surface area contributed by atoms with Crippen molar-refractivity contribution in [1.29, 1.82) is 0 Å². The van der Waals surface area contributed by atoms with E-state index in [0.29, 0.717) is 31.6 Å². The Labute approximate surface area is 266 Å². The minimum atomic E-state index is -0.700.